The Bertz CT molecular complexity index is 1620. The molecule has 4 heterocycles. The summed E-state index contributed by atoms with van der Waals surface area (Å²) in [5.74, 6) is -1.13. The molecule has 2 fully saturated rings. The average molecular weight is 499 g/mol. The second-order valence-electron chi connectivity index (χ2n) is 11.1. The zero-order valence-corrected chi connectivity index (χ0v) is 19.9. The van der Waals surface area contributed by atoms with E-state index in [1.807, 2.05) is 24.3 Å². The van der Waals surface area contributed by atoms with Gasteiger partial charge in [0, 0.05) is 36.4 Å². The van der Waals surface area contributed by atoms with Crippen LogP contribution in [-0.4, -0.2) is 31.3 Å². The second kappa shape index (κ2) is 6.98. The molecule has 1 amide bonds. The van der Waals surface area contributed by atoms with Gasteiger partial charge in [0.25, 0.3) is 11.8 Å². The van der Waals surface area contributed by atoms with Gasteiger partial charge in [-0.1, -0.05) is 18.2 Å². The Morgan fingerprint density at radius 3 is 2.57 bits per heavy atom. The van der Waals surface area contributed by atoms with Gasteiger partial charge in [0.05, 0.1) is 28.7 Å². The van der Waals surface area contributed by atoms with E-state index >= 15 is 0 Å². The minimum atomic E-state index is -2.75. The first-order valence-electron chi connectivity index (χ1n) is 12.7. The highest BCUT2D eigenvalue weighted by Gasteiger charge is 2.57. The molecule has 7 nitrogen and oxygen atoms in total. The van der Waals surface area contributed by atoms with Crippen LogP contribution in [0.15, 0.2) is 48.8 Å². The van der Waals surface area contributed by atoms with Crippen molar-refractivity contribution < 1.29 is 13.6 Å². The van der Waals surface area contributed by atoms with Crippen LogP contribution in [0.2, 0.25) is 0 Å². The van der Waals surface area contributed by atoms with E-state index in [2.05, 4.69) is 32.0 Å². The lowest BCUT2D eigenvalue weighted by atomic mass is 9.73. The first-order valence-corrected chi connectivity index (χ1v) is 12.7. The molecule has 3 N–H and O–H groups in total. The molecule has 9 heteroatoms. The molecule has 2 bridgehead atoms. The summed E-state index contributed by atoms with van der Waals surface area (Å²) >= 11 is 0. The zero-order valence-electron chi connectivity index (χ0n) is 19.9. The molecule has 8 rings (SSSR count). The fourth-order valence-corrected chi connectivity index (χ4v) is 6.57. The van der Waals surface area contributed by atoms with Gasteiger partial charge >= 0.3 is 0 Å². The Morgan fingerprint density at radius 1 is 1.05 bits per heavy atom. The molecule has 2 aliphatic heterocycles. The van der Waals surface area contributed by atoms with Crippen molar-refractivity contribution in [3.63, 3.8) is 0 Å². The smallest absolute Gasteiger partial charge is 0.252 e. The quantitative estimate of drug-likeness (QED) is 0.426. The monoisotopic (exact) mass is 498 g/mol. The first-order chi connectivity index (χ1) is 17.8. The van der Waals surface area contributed by atoms with Gasteiger partial charge in [-0.05, 0) is 60.1 Å². The van der Waals surface area contributed by atoms with Gasteiger partial charge in [-0.15, -0.1) is 0 Å². The SMILES string of the molecule is NC1(c2ncc(-c3ccc4nc5n(c4c3)[C@@H]3C[C@H]5NC(=O)c4cccc(C5CC5)c43)cn2)CC(F)(F)C1. The molecule has 2 atom stereocenters. The van der Waals surface area contributed by atoms with Gasteiger partial charge < -0.3 is 15.6 Å². The van der Waals surface area contributed by atoms with Crippen LogP contribution in [0.1, 0.15) is 83.2 Å². The van der Waals surface area contributed by atoms with Gasteiger partial charge in [0.15, 0.2) is 0 Å². The number of alkyl halides is 2. The maximum atomic E-state index is 13.4. The number of nitrogens with one attached hydrogen (secondary N) is 1. The summed E-state index contributed by atoms with van der Waals surface area (Å²) in [7, 11) is 0. The number of amides is 1. The molecule has 2 saturated carbocycles. The van der Waals surface area contributed by atoms with E-state index in [9.17, 15) is 13.6 Å². The van der Waals surface area contributed by atoms with Crippen LogP contribution in [0.5, 0.6) is 0 Å². The maximum Gasteiger partial charge on any atom is 0.252 e. The number of nitrogens with two attached hydrogens (primary N) is 1. The molecular formula is C28H24F2N6O. The van der Waals surface area contributed by atoms with Crippen LogP contribution in [0, 0.1) is 0 Å². The molecule has 0 saturated heterocycles. The number of carbonyl (C=O) groups is 1. The van der Waals surface area contributed by atoms with Crippen molar-refractivity contribution in [2.24, 2.45) is 5.73 Å². The lowest BCUT2D eigenvalue weighted by molar-refractivity contribution is -0.127. The molecule has 0 unspecified atom stereocenters. The minimum absolute atomic E-state index is 0.0249. The predicted molar refractivity (Wildman–Crippen MR) is 132 cm³/mol. The van der Waals surface area contributed by atoms with Crippen LogP contribution < -0.4 is 11.1 Å². The van der Waals surface area contributed by atoms with Crippen molar-refractivity contribution in [3.8, 4) is 11.1 Å². The van der Waals surface area contributed by atoms with E-state index < -0.39 is 24.3 Å². The summed E-state index contributed by atoms with van der Waals surface area (Å²) in [6.07, 6.45) is 5.54. The van der Waals surface area contributed by atoms with Gasteiger partial charge in [-0.25, -0.2) is 23.7 Å². The topological polar surface area (TPSA) is 98.7 Å². The van der Waals surface area contributed by atoms with Crippen molar-refractivity contribution in [1.29, 1.82) is 0 Å². The molecular weight excluding hydrogens is 474 g/mol. The number of hydrogen-bond donors (Lipinski definition) is 2. The third-order valence-electron chi connectivity index (χ3n) is 8.42. The highest BCUT2D eigenvalue weighted by molar-refractivity contribution is 5.97. The van der Waals surface area contributed by atoms with Crippen molar-refractivity contribution in [2.75, 3.05) is 0 Å². The summed E-state index contributed by atoms with van der Waals surface area (Å²) in [6.45, 7) is 0. The minimum Gasteiger partial charge on any atom is -0.342 e. The lowest BCUT2D eigenvalue weighted by Gasteiger charge is -2.42. The third kappa shape index (κ3) is 3.06. The molecule has 2 aliphatic carbocycles. The number of carbonyl (C=O) groups excluding carboxylic acids is 1. The predicted octanol–water partition coefficient (Wildman–Crippen LogP) is 4.73. The fourth-order valence-electron chi connectivity index (χ4n) is 6.57. The number of hydrogen-bond acceptors (Lipinski definition) is 5. The fraction of sp³-hybridized carbons (Fsp3) is 0.357. The van der Waals surface area contributed by atoms with E-state index in [-0.39, 0.29) is 23.8 Å². The van der Waals surface area contributed by atoms with Crippen molar-refractivity contribution in [1.82, 2.24) is 24.8 Å². The number of halogens is 2. The van der Waals surface area contributed by atoms with E-state index in [1.54, 1.807) is 12.4 Å². The van der Waals surface area contributed by atoms with Crippen LogP contribution in [0.4, 0.5) is 8.78 Å². The zero-order chi connectivity index (χ0) is 25.1. The van der Waals surface area contributed by atoms with Crippen molar-refractivity contribution >= 4 is 16.9 Å². The number of benzene rings is 2. The highest BCUT2D eigenvalue weighted by atomic mass is 19.3. The largest absolute Gasteiger partial charge is 0.342 e. The van der Waals surface area contributed by atoms with Gasteiger partial charge in [-0.3, -0.25) is 4.79 Å². The molecule has 4 aliphatic rings. The van der Waals surface area contributed by atoms with Crippen LogP contribution in [-0.2, 0) is 5.54 Å². The molecule has 2 aromatic carbocycles. The summed E-state index contributed by atoms with van der Waals surface area (Å²) in [5, 5.41) is 3.21. The maximum absolute atomic E-state index is 13.4. The number of nitrogens with zero attached hydrogens (tertiary/aromatic N) is 4. The van der Waals surface area contributed by atoms with Gasteiger partial charge in [0.1, 0.15) is 11.6 Å². The highest BCUT2D eigenvalue weighted by Crippen LogP contribution is 2.51. The van der Waals surface area contributed by atoms with E-state index in [0.717, 1.165) is 58.4 Å². The Morgan fingerprint density at radius 2 is 1.84 bits per heavy atom. The standard InChI is InChI=1S/C28H24F2N6O/c29-28(30)12-27(31,13-28)26-32-10-16(11-33-26)15-6-7-19-21(8-15)36-22-9-20(24(36)34-19)35-25(37)18-3-1-2-17(23(18)22)14-4-5-14/h1-3,6-8,10-11,14,20,22H,4-5,9,12-13,31H2,(H,35,37)/t20-,22-/m1/s1. The molecule has 37 heavy (non-hydrogen) atoms. The normalized spacial score (nSPS) is 24.7. The Hall–Kier alpha value is -3.72. The lowest BCUT2D eigenvalue weighted by Crippen LogP contribution is -2.56. The molecule has 2 aromatic heterocycles. The number of aromatic nitrogens is 4. The number of imidazole rings is 1. The van der Waals surface area contributed by atoms with Crippen LogP contribution in [0.3, 0.4) is 0 Å². The van der Waals surface area contributed by atoms with E-state index in [4.69, 9.17) is 10.7 Å². The Kier molecular flexibility index (Phi) is 4.03. The van der Waals surface area contributed by atoms with Crippen molar-refractivity contribution in [3.05, 3.63) is 77.1 Å². The van der Waals surface area contributed by atoms with Crippen LogP contribution >= 0.6 is 0 Å². The second-order valence-corrected chi connectivity index (χ2v) is 11.1. The average Bonchev–Trinajstić information content (AvgIpc) is 3.59. The Balaban J connectivity index is 1.22. The Labute approximate surface area is 211 Å². The summed E-state index contributed by atoms with van der Waals surface area (Å²) in [5.41, 5.74) is 11.7. The number of rotatable bonds is 3. The summed E-state index contributed by atoms with van der Waals surface area (Å²) in [6, 6.07) is 12.0. The summed E-state index contributed by atoms with van der Waals surface area (Å²) < 4.78 is 29.1. The van der Waals surface area contributed by atoms with E-state index in [1.165, 1.54) is 5.56 Å². The molecule has 4 aromatic rings. The van der Waals surface area contributed by atoms with E-state index in [0.29, 0.717) is 5.92 Å². The molecule has 186 valence electrons. The van der Waals surface area contributed by atoms with Crippen molar-refractivity contribution in [2.45, 2.75) is 61.6 Å². The third-order valence-corrected chi connectivity index (χ3v) is 8.42. The number of fused-ring (bicyclic) bond motifs is 9. The summed E-state index contributed by atoms with van der Waals surface area (Å²) in [4.78, 5) is 26.7. The molecule has 0 radical (unpaired) electrons. The van der Waals surface area contributed by atoms with Gasteiger partial charge in [-0.2, -0.15) is 0 Å². The van der Waals surface area contributed by atoms with Crippen LogP contribution in [0.25, 0.3) is 22.2 Å². The molecule has 0 spiro atoms. The van der Waals surface area contributed by atoms with Gasteiger partial charge in [0.2, 0.25) is 0 Å². The first kappa shape index (κ1) is 21.4.